The molecule has 0 aromatic heterocycles. The number of Topliss-reactive ketones (excluding diaryl/α,β-unsaturated/α-hetero) is 1. The first kappa shape index (κ1) is 13.2. The molecule has 1 rings (SSSR count). The van der Waals surface area contributed by atoms with Crippen molar-refractivity contribution in [3.05, 3.63) is 34.9 Å². The van der Waals surface area contributed by atoms with Gasteiger partial charge in [0.15, 0.2) is 5.78 Å². The van der Waals surface area contributed by atoms with Crippen molar-refractivity contribution in [1.82, 2.24) is 0 Å². The molecule has 0 N–H and O–H groups in total. The molecule has 0 heterocycles. The highest BCUT2D eigenvalue weighted by Crippen LogP contribution is 2.14. The topological polar surface area (TPSA) is 67.2 Å². The Balaban J connectivity index is 2.91. The van der Waals surface area contributed by atoms with Crippen molar-refractivity contribution < 1.29 is 14.3 Å². The van der Waals surface area contributed by atoms with Crippen molar-refractivity contribution in [1.29, 1.82) is 5.26 Å². The molecule has 0 saturated carbocycles. The van der Waals surface area contributed by atoms with Crippen LogP contribution in [-0.2, 0) is 9.53 Å². The molecular formula is C12H10ClNO3. The van der Waals surface area contributed by atoms with Crippen molar-refractivity contribution in [3.8, 4) is 6.07 Å². The van der Waals surface area contributed by atoms with Crippen molar-refractivity contribution in [2.24, 2.45) is 5.92 Å². The first-order chi connectivity index (χ1) is 8.10. The van der Waals surface area contributed by atoms with E-state index in [2.05, 4.69) is 4.74 Å². The largest absolute Gasteiger partial charge is 0.465 e. The maximum Gasteiger partial charge on any atom is 0.331 e. The van der Waals surface area contributed by atoms with Crippen molar-refractivity contribution in [3.63, 3.8) is 0 Å². The van der Waals surface area contributed by atoms with Gasteiger partial charge in [0, 0.05) is 10.6 Å². The zero-order valence-electron chi connectivity index (χ0n) is 9.14. The van der Waals surface area contributed by atoms with Crippen molar-refractivity contribution in [2.75, 3.05) is 6.61 Å². The molecule has 0 radical (unpaired) electrons. The lowest BCUT2D eigenvalue weighted by atomic mass is 9.99. The zero-order valence-corrected chi connectivity index (χ0v) is 9.90. The molecule has 1 atom stereocenters. The number of rotatable bonds is 4. The number of ketones is 1. The maximum atomic E-state index is 11.8. The van der Waals surface area contributed by atoms with Gasteiger partial charge in [-0.1, -0.05) is 11.6 Å². The lowest BCUT2D eigenvalue weighted by Gasteiger charge is -2.07. The predicted molar refractivity (Wildman–Crippen MR) is 61.5 cm³/mol. The smallest absolute Gasteiger partial charge is 0.331 e. The summed E-state index contributed by atoms with van der Waals surface area (Å²) < 4.78 is 4.65. The summed E-state index contributed by atoms with van der Waals surface area (Å²) in [6.45, 7) is 1.74. The first-order valence-corrected chi connectivity index (χ1v) is 5.34. The Morgan fingerprint density at radius 2 is 2.00 bits per heavy atom. The third-order valence-electron chi connectivity index (χ3n) is 2.04. The van der Waals surface area contributed by atoms with E-state index < -0.39 is 17.7 Å². The van der Waals surface area contributed by atoms with Gasteiger partial charge in [-0.15, -0.1) is 0 Å². The van der Waals surface area contributed by atoms with Gasteiger partial charge in [0.05, 0.1) is 12.7 Å². The van der Waals surface area contributed by atoms with Crippen LogP contribution in [0.5, 0.6) is 0 Å². The molecule has 1 aromatic rings. The zero-order chi connectivity index (χ0) is 12.8. The summed E-state index contributed by atoms with van der Waals surface area (Å²) >= 11 is 5.67. The Labute approximate surface area is 104 Å². The SMILES string of the molecule is CCOC(=O)C(C#N)C(=O)c1ccc(Cl)cc1. The van der Waals surface area contributed by atoms with E-state index in [0.29, 0.717) is 5.02 Å². The Bertz CT molecular complexity index is 462. The van der Waals surface area contributed by atoms with Gasteiger partial charge in [-0.3, -0.25) is 9.59 Å². The Kier molecular flexibility index (Phi) is 4.68. The van der Waals surface area contributed by atoms with Crippen molar-refractivity contribution >= 4 is 23.4 Å². The lowest BCUT2D eigenvalue weighted by Crippen LogP contribution is -2.24. The number of ether oxygens (including phenoxy) is 1. The van der Waals surface area contributed by atoms with Gasteiger partial charge in [0.25, 0.3) is 0 Å². The van der Waals surface area contributed by atoms with Crippen molar-refractivity contribution in [2.45, 2.75) is 6.92 Å². The minimum atomic E-state index is -1.42. The van der Waals surface area contributed by atoms with Crippen LogP contribution in [0.3, 0.4) is 0 Å². The number of nitriles is 1. The molecule has 0 aliphatic heterocycles. The van der Waals surface area contributed by atoms with Crippen LogP contribution >= 0.6 is 11.6 Å². The summed E-state index contributed by atoms with van der Waals surface area (Å²) in [7, 11) is 0. The van der Waals surface area contributed by atoms with E-state index in [1.807, 2.05) is 0 Å². The van der Waals surface area contributed by atoms with E-state index in [4.69, 9.17) is 16.9 Å². The highest BCUT2D eigenvalue weighted by atomic mass is 35.5. The van der Waals surface area contributed by atoms with Gasteiger partial charge in [0.1, 0.15) is 0 Å². The fourth-order valence-corrected chi connectivity index (χ4v) is 1.35. The van der Waals surface area contributed by atoms with E-state index in [1.165, 1.54) is 24.3 Å². The van der Waals surface area contributed by atoms with Crippen LogP contribution < -0.4 is 0 Å². The number of esters is 1. The monoisotopic (exact) mass is 251 g/mol. The number of hydrogen-bond acceptors (Lipinski definition) is 4. The molecule has 17 heavy (non-hydrogen) atoms. The van der Waals surface area contributed by atoms with Crippen LogP contribution in [0.25, 0.3) is 0 Å². The lowest BCUT2D eigenvalue weighted by molar-refractivity contribution is -0.144. The molecule has 0 aliphatic carbocycles. The molecule has 1 aromatic carbocycles. The van der Waals surface area contributed by atoms with Crippen LogP contribution in [0.15, 0.2) is 24.3 Å². The average molecular weight is 252 g/mol. The predicted octanol–water partition coefficient (Wildman–Crippen LogP) is 2.23. The van der Waals surface area contributed by atoms with Gasteiger partial charge in [0.2, 0.25) is 5.92 Å². The van der Waals surface area contributed by atoms with Gasteiger partial charge < -0.3 is 4.74 Å². The van der Waals surface area contributed by atoms with E-state index in [9.17, 15) is 9.59 Å². The number of carbonyl (C=O) groups is 2. The second-order valence-electron chi connectivity index (χ2n) is 3.19. The molecule has 4 nitrogen and oxygen atoms in total. The van der Waals surface area contributed by atoms with Crippen LogP contribution in [0.4, 0.5) is 0 Å². The molecule has 88 valence electrons. The Morgan fingerprint density at radius 3 is 2.47 bits per heavy atom. The third kappa shape index (κ3) is 3.30. The summed E-state index contributed by atoms with van der Waals surface area (Å²) in [6.07, 6.45) is 0. The fourth-order valence-electron chi connectivity index (χ4n) is 1.22. The highest BCUT2D eigenvalue weighted by Gasteiger charge is 2.28. The number of nitrogens with zero attached hydrogens (tertiary/aromatic N) is 1. The Morgan fingerprint density at radius 1 is 1.41 bits per heavy atom. The molecule has 0 bridgehead atoms. The number of halogens is 1. The molecule has 5 heteroatoms. The molecule has 0 aliphatic rings. The molecule has 0 amide bonds. The van der Waals surface area contributed by atoms with E-state index >= 15 is 0 Å². The van der Waals surface area contributed by atoms with Gasteiger partial charge in [-0.05, 0) is 31.2 Å². The van der Waals surface area contributed by atoms with E-state index in [1.54, 1.807) is 13.0 Å². The highest BCUT2D eigenvalue weighted by molar-refractivity contribution is 6.30. The second-order valence-corrected chi connectivity index (χ2v) is 3.62. The van der Waals surface area contributed by atoms with Crippen LogP contribution in [0, 0.1) is 17.2 Å². The van der Waals surface area contributed by atoms with Crippen LogP contribution in [-0.4, -0.2) is 18.4 Å². The molecular weight excluding hydrogens is 242 g/mol. The molecule has 0 fully saturated rings. The minimum absolute atomic E-state index is 0.130. The molecule has 1 unspecified atom stereocenters. The normalized spacial score (nSPS) is 11.4. The minimum Gasteiger partial charge on any atom is -0.465 e. The molecule has 0 spiro atoms. The standard InChI is InChI=1S/C12H10ClNO3/c1-2-17-12(16)10(7-14)11(15)8-3-5-9(13)6-4-8/h3-6,10H,2H2,1H3. The maximum absolute atomic E-state index is 11.8. The quantitative estimate of drug-likeness (QED) is 0.468. The summed E-state index contributed by atoms with van der Waals surface area (Å²) in [5.41, 5.74) is 0.258. The number of carbonyl (C=O) groups excluding carboxylic acids is 2. The summed E-state index contributed by atoms with van der Waals surface area (Å²) in [5, 5.41) is 9.29. The number of benzene rings is 1. The van der Waals surface area contributed by atoms with E-state index in [-0.39, 0.29) is 12.2 Å². The van der Waals surface area contributed by atoms with Gasteiger partial charge in [-0.25, -0.2) is 0 Å². The second kappa shape index (κ2) is 6.02. The van der Waals surface area contributed by atoms with Gasteiger partial charge in [-0.2, -0.15) is 5.26 Å². The average Bonchev–Trinajstić information content (AvgIpc) is 2.31. The summed E-state index contributed by atoms with van der Waals surface area (Å²) in [5.74, 6) is -2.83. The molecule has 0 saturated heterocycles. The Hall–Kier alpha value is -1.86. The first-order valence-electron chi connectivity index (χ1n) is 4.96. The van der Waals surface area contributed by atoms with Crippen LogP contribution in [0.2, 0.25) is 5.02 Å². The number of hydrogen-bond donors (Lipinski definition) is 0. The third-order valence-corrected chi connectivity index (χ3v) is 2.29. The summed E-state index contributed by atoms with van der Waals surface area (Å²) in [6, 6.07) is 7.62. The van der Waals surface area contributed by atoms with E-state index in [0.717, 1.165) is 0 Å². The van der Waals surface area contributed by atoms with Crippen LogP contribution in [0.1, 0.15) is 17.3 Å². The van der Waals surface area contributed by atoms with Gasteiger partial charge >= 0.3 is 5.97 Å². The fraction of sp³-hybridized carbons (Fsp3) is 0.250. The summed E-state index contributed by atoms with van der Waals surface area (Å²) in [4.78, 5) is 23.2.